The Balaban J connectivity index is 1.69. The number of nitrogens with zero attached hydrogens (tertiary/aromatic N) is 1. The lowest BCUT2D eigenvalue weighted by Crippen LogP contribution is -2.32. The zero-order valence-corrected chi connectivity index (χ0v) is 10.7. The minimum atomic E-state index is 0.211. The second-order valence-electron chi connectivity index (χ2n) is 5.28. The van der Waals surface area contributed by atoms with E-state index in [-0.39, 0.29) is 5.91 Å². The highest BCUT2D eigenvalue weighted by Gasteiger charge is 2.38. The Morgan fingerprint density at radius 3 is 2.94 bits per heavy atom. The van der Waals surface area contributed by atoms with Crippen LogP contribution in [0.1, 0.15) is 28.9 Å². The summed E-state index contributed by atoms with van der Waals surface area (Å²) >= 11 is 1.54. The van der Waals surface area contributed by atoms with E-state index in [1.165, 1.54) is 17.8 Å². The van der Waals surface area contributed by atoms with Gasteiger partial charge in [0, 0.05) is 19.1 Å². The molecule has 4 heteroatoms. The fourth-order valence-electron chi connectivity index (χ4n) is 3.19. The van der Waals surface area contributed by atoms with Gasteiger partial charge in [-0.2, -0.15) is 0 Å². The van der Waals surface area contributed by atoms with Crippen LogP contribution >= 0.6 is 11.3 Å². The van der Waals surface area contributed by atoms with Crippen LogP contribution in [0.4, 0.5) is 0 Å². The number of rotatable bonds is 1. The van der Waals surface area contributed by atoms with Crippen LogP contribution in [-0.4, -0.2) is 29.9 Å². The largest absolute Gasteiger partial charge is 0.337 e. The van der Waals surface area contributed by atoms with Gasteiger partial charge in [0.15, 0.2) is 0 Å². The molecule has 1 saturated carbocycles. The van der Waals surface area contributed by atoms with Gasteiger partial charge in [0.05, 0.1) is 4.88 Å². The van der Waals surface area contributed by atoms with Gasteiger partial charge in [0.25, 0.3) is 5.91 Å². The first-order valence-electron chi connectivity index (χ1n) is 6.32. The molecule has 0 spiro atoms. The third-order valence-corrected chi connectivity index (χ3v) is 4.97. The minimum absolute atomic E-state index is 0.211. The molecule has 3 nitrogen and oxygen atoms in total. The Bertz CT molecular complexity index is 404. The van der Waals surface area contributed by atoms with Gasteiger partial charge < -0.3 is 10.6 Å². The van der Waals surface area contributed by atoms with E-state index >= 15 is 0 Å². The summed E-state index contributed by atoms with van der Waals surface area (Å²) < 4.78 is 0. The van der Waals surface area contributed by atoms with Gasteiger partial charge in [-0.25, -0.2) is 0 Å². The van der Waals surface area contributed by atoms with Gasteiger partial charge in [-0.1, -0.05) is 6.07 Å². The van der Waals surface area contributed by atoms with Crippen molar-refractivity contribution in [2.45, 2.75) is 25.3 Å². The Kier molecular flexibility index (Phi) is 2.92. The molecular formula is C13H18N2OS. The molecule has 1 unspecified atom stereocenters. The van der Waals surface area contributed by atoms with E-state index in [9.17, 15) is 4.79 Å². The molecule has 2 aliphatic rings. The Morgan fingerprint density at radius 1 is 1.35 bits per heavy atom. The van der Waals surface area contributed by atoms with Crippen molar-refractivity contribution in [3.63, 3.8) is 0 Å². The number of thiophene rings is 1. The van der Waals surface area contributed by atoms with E-state index in [4.69, 9.17) is 5.73 Å². The SMILES string of the molecule is NC1CC[C@H]2CN(C(=O)c3cccs3)C[C@H]2C1. The van der Waals surface area contributed by atoms with Gasteiger partial charge in [-0.05, 0) is 42.5 Å². The number of nitrogens with two attached hydrogens (primary N) is 1. The van der Waals surface area contributed by atoms with E-state index in [1.807, 2.05) is 22.4 Å². The number of hydrogen-bond acceptors (Lipinski definition) is 3. The molecule has 0 radical (unpaired) electrons. The lowest BCUT2D eigenvalue weighted by molar-refractivity contribution is 0.0788. The lowest BCUT2D eigenvalue weighted by Gasteiger charge is -2.27. The molecule has 3 atom stereocenters. The van der Waals surface area contributed by atoms with Gasteiger partial charge in [-0.3, -0.25) is 4.79 Å². The molecule has 2 fully saturated rings. The number of carbonyl (C=O) groups is 1. The zero-order chi connectivity index (χ0) is 11.8. The summed E-state index contributed by atoms with van der Waals surface area (Å²) in [6.07, 6.45) is 3.42. The number of amides is 1. The van der Waals surface area contributed by atoms with Crippen LogP contribution < -0.4 is 5.73 Å². The molecule has 1 aromatic heterocycles. The minimum Gasteiger partial charge on any atom is -0.337 e. The van der Waals surface area contributed by atoms with Crippen LogP contribution in [0.3, 0.4) is 0 Å². The summed E-state index contributed by atoms with van der Waals surface area (Å²) in [7, 11) is 0. The van der Waals surface area contributed by atoms with Crippen molar-refractivity contribution in [1.29, 1.82) is 0 Å². The predicted octanol–water partition coefficient (Wildman–Crippen LogP) is 1.95. The molecule has 3 rings (SSSR count). The molecule has 2 N–H and O–H groups in total. The van der Waals surface area contributed by atoms with E-state index in [2.05, 4.69) is 0 Å². The molecular weight excluding hydrogens is 232 g/mol. The van der Waals surface area contributed by atoms with E-state index < -0.39 is 0 Å². The van der Waals surface area contributed by atoms with Crippen molar-refractivity contribution in [2.24, 2.45) is 17.6 Å². The molecule has 2 heterocycles. The van der Waals surface area contributed by atoms with Crippen molar-refractivity contribution in [1.82, 2.24) is 4.90 Å². The molecule has 92 valence electrons. The number of carbonyl (C=O) groups excluding carboxylic acids is 1. The highest BCUT2D eigenvalue weighted by atomic mass is 32.1. The summed E-state index contributed by atoms with van der Waals surface area (Å²) in [4.78, 5) is 15.1. The predicted molar refractivity (Wildman–Crippen MR) is 69.0 cm³/mol. The van der Waals surface area contributed by atoms with Crippen molar-refractivity contribution < 1.29 is 4.79 Å². The molecule has 1 amide bonds. The maximum Gasteiger partial charge on any atom is 0.263 e. The number of fused-ring (bicyclic) bond motifs is 1. The average molecular weight is 250 g/mol. The molecule has 0 bridgehead atoms. The molecule has 0 aromatic carbocycles. The second kappa shape index (κ2) is 4.42. The first-order valence-corrected chi connectivity index (χ1v) is 7.20. The molecule has 1 aromatic rings. The smallest absolute Gasteiger partial charge is 0.263 e. The normalized spacial score (nSPS) is 32.5. The third-order valence-electron chi connectivity index (χ3n) is 4.11. The Hall–Kier alpha value is -0.870. The van der Waals surface area contributed by atoms with Crippen LogP contribution in [0.2, 0.25) is 0 Å². The maximum atomic E-state index is 12.2. The van der Waals surface area contributed by atoms with Crippen molar-refractivity contribution in [3.8, 4) is 0 Å². The number of hydrogen-bond donors (Lipinski definition) is 1. The van der Waals surface area contributed by atoms with Crippen LogP contribution in [0.25, 0.3) is 0 Å². The van der Waals surface area contributed by atoms with Gasteiger partial charge in [0.1, 0.15) is 0 Å². The zero-order valence-electron chi connectivity index (χ0n) is 9.84. The summed E-state index contributed by atoms with van der Waals surface area (Å²) in [6.45, 7) is 1.85. The monoisotopic (exact) mass is 250 g/mol. The van der Waals surface area contributed by atoms with Gasteiger partial charge >= 0.3 is 0 Å². The fraction of sp³-hybridized carbons (Fsp3) is 0.615. The van der Waals surface area contributed by atoms with Crippen LogP contribution in [0.5, 0.6) is 0 Å². The molecule has 17 heavy (non-hydrogen) atoms. The van der Waals surface area contributed by atoms with E-state index in [1.54, 1.807) is 0 Å². The Labute approximate surface area is 106 Å². The number of likely N-dealkylation sites (tertiary alicyclic amines) is 1. The standard InChI is InChI=1S/C13H18N2OS/c14-11-4-3-9-7-15(8-10(9)6-11)13(16)12-2-1-5-17-12/h1-2,5,9-11H,3-4,6-8,14H2/t9-,10+,11?/m0/s1. The van der Waals surface area contributed by atoms with Crippen LogP contribution in [-0.2, 0) is 0 Å². The lowest BCUT2D eigenvalue weighted by atomic mass is 9.79. The summed E-state index contributed by atoms with van der Waals surface area (Å²) in [6, 6.07) is 4.21. The highest BCUT2D eigenvalue weighted by molar-refractivity contribution is 7.12. The van der Waals surface area contributed by atoms with Crippen LogP contribution in [0, 0.1) is 11.8 Å². The van der Waals surface area contributed by atoms with E-state index in [0.717, 1.165) is 30.8 Å². The highest BCUT2D eigenvalue weighted by Crippen LogP contribution is 2.36. The quantitative estimate of drug-likeness (QED) is 0.828. The maximum absolute atomic E-state index is 12.2. The Morgan fingerprint density at radius 2 is 2.18 bits per heavy atom. The van der Waals surface area contributed by atoms with Gasteiger partial charge in [-0.15, -0.1) is 11.3 Å². The van der Waals surface area contributed by atoms with Crippen molar-refractivity contribution >= 4 is 17.2 Å². The molecule has 1 saturated heterocycles. The van der Waals surface area contributed by atoms with Crippen molar-refractivity contribution in [2.75, 3.05) is 13.1 Å². The third kappa shape index (κ3) is 2.11. The van der Waals surface area contributed by atoms with Gasteiger partial charge in [0.2, 0.25) is 0 Å². The first-order chi connectivity index (χ1) is 8.24. The average Bonchev–Trinajstić information content (AvgIpc) is 2.96. The molecule has 1 aliphatic heterocycles. The molecule has 1 aliphatic carbocycles. The fourth-order valence-corrected chi connectivity index (χ4v) is 3.88. The summed E-state index contributed by atoms with van der Waals surface area (Å²) in [5.41, 5.74) is 6.01. The summed E-state index contributed by atoms with van der Waals surface area (Å²) in [5.74, 6) is 1.55. The van der Waals surface area contributed by atoms with Crippen molar-refractivity contribution in [3.05, 3.63) is 22.4 Å². The second-order valence-corrected chi connectivity index (χ2v) is 6.23. The summed E-state index contributed by atoms with van der Waals surface area (Å²) in [5, 5.41) is 1.96. The van der Waals surface area contributed by atoms with E-state index in [0.29, 0.717) is 17.9 Å². The van der Waals surface area contributed by atoms with Crippen LogP contribution in [0.15, 0.2) is 17.5 Å². The topological polar surface area (TPSA) is 46.3 Å². The first kappa shape index (κ1) is 11.2.